The Balaban J connectivity index is 1.88. The van der Waals surface area contributed by atoms with Gasteiger partial charge in [0.25, 0.3) is 0 Å². The first-order chi connectivity index (χ1) is 11.6. The van der Waals surface area contributed by atoms with E-state index >= 15 is 0 Å². The lowest BCUT2D eigenvalue weighted by molar-refractivity contribution is 0.534. The molecule has 2 aromatic heterocycles. The lowest BCUT2D eigenvalue weighted by Gasteiger charge is -2.09. The van der Waals surface area contributed by atoms with E-state index in [1.165, 1.54) is 16.7 Å². The van der Waals surface area contributed by atoms with Crippen LogP contribution < -0.4 is 0 Å². The Morgan fingerprint density at radius 2 is 2.04 bits per heavy atom. The van der Waals surface area contributed by atoms with Crippen LogP contribution in [0.5, 0.6) is 0 Å². The zero-order chi connectivity index (χ0) is 17.1. The molecule has 3 aromatic rings. The highest BCUT2D eigenvalue weighted by Crippen LogP contribution is 2.29. The number of nitrogens with zero attached hydrogens (tertiary/aromatic N) is 3. The molecule has 0 bridgehead atoms. The van der Waals surface area contributed by atoms with Crippen LogP contribution in [0.15, 0.2) is 52.8 Å². The van der Waals surface area contributed by atoms with Crippen molar-refractivity contribution in [3.63, 3.8) is 0 Å². The van der Waals surface area contributed by atoms with Crippen LogP contribution in [-0.4, -0.2) is 14.8 Å². The third-order valence-electron chi connectivity index (χ3n) is 3.99. The first kappa shape index (κ1) is 16.6. The number of hydrogen-bond acceptors (Lipinski definition) is 4. The third kappa shape index (κ3) is 3.31. The first-order valence-corrected chi connectivity index (χ1v) is 8.86. The molecule has 0 saturated carbocycles. The van der Waals surface area contributed by atoms with Gasteiger partial charge in [0.2, 0.25) is 0 Å². The maximum atomic E-state index is 5.41. The zero-order valence-corrected chi connectivity index (χ0v) is 15.1. The summed E-state index contributed by atoms with van der Waals surface area (Å²) in [4.78, 5) is 0. The molecule has 0 aliphatic rings. The number of aromatic nitrogens is 3. The Kier molecular flexibility index (Phi) is 4.90. The van der Waals surface area contributed by atoms with Gasteiger partial charge in [-0.3, -0.25) is 4.57 Å². The van der Waals surface area contributed by atoms with Gasteiger partial charge in [-0.2, -0.15) is 0 Å². The van der Waals surface area contributed by atoms with Gasteiger partial charge in [0.1, 0.15) is 5.76 Å². The van der Waals surface area contributed by atoms with Crippen molar-refractivity contribution >= 4 is 11.8 Å². The third-order valence-corrected chi connectivity index (χ3v) is 5.01. The van der Waals surface area contributed by atoms with Crippen LogP contribution in [0.25, 0.3) is 11.4 Å². The predicted octanol–water partition coefficient (Wildman–Crippen LogP) is 4.94. The zero-order valence-electron chi connectivity index (χ0n) is 14.2. The summed E-state index contributed by atoms with van der Waals surface area (Å²) in [6.07, 6.45) is 3.55. The molecular weight excluding hydrogens is 318 g/mol. The fraction of sp³-hybridized carbons (Fsp3) is 0.263. The minimum absolute atomic E-state index is 0.669. The lowest BCUT2D eigenvalue weighted by Crippen LogP contribution is -2.01. The minimum Gasteiger partial charge on any atom is -0.469 e. The van der Waals surface area contributed by atoms with Gasteiger partial charge in [-0.25, -0.2) is 0 Å². The van der Waals surface area contributed by atoms with Crippen LogP contribution in [0.1, 0.15) is 22.5 Å². The molecule has 0 amide bonds. The van der Waals surface area contributed by atoms with E-state index in [0.717, 1.165) is 28.1 Å². The maximum absolute atomic E-state index is 5.41. The molecule has 0 aliphatic heterocycles. The molecule has 24 heavy (non-hydrogen) atoms. The highest BCUT2D eigenvalue weighted by Gasteiger charge is 2.17. The highest BCUT2D eigenvalue weighted by molar-refractivity contribution is 7.98. The molecule has 5 heteroatoms. The first-order valence-electron chi connectivity index (χ1n) is 7.87. The van der Waals surface area contributed by atoms with E-state index in [1.807, 2.05) is 19.1 Å². The van der Waals surface area contributed by atoms with E-state index < -0.39 is 0 Å². The smallest absolute Gasteiger partial charge is 0.192 e. The Morgan fingerprint density at radius 3 is 2.75 bits per heavy atom. The van der Waals surface area contributed by atoms with Gasteiger partial charge in [-0.15, -0.1) is 16.8 Å². The van der Waals surface area contributed by atoms with Gasteiger partial charge < -0.3 is 4.42 Å². The molecule has 1 aromatic carbocycles. The van der Waals surface area contributed by atoms with Crippen molar-refractivity contribution < 1.29 is 4.42 Å². The van der Waals surface area contributed by atoms with Crippen LogP contribution in [0, 0.1) is 20.8 Å². The average Bonchev–Trinajstić information content (AvgIpc) is 3.15. The van der Waals surface area contributed by atoms with Crippen molar-refractivity contribution in [1.82, 2.24) is 14.8 Å². The highest BCUT2D eigenvalue weighted by atomic mass is 32.2. The fourth-order valence-electron chi connectivity index (χ4n) is 2.60. The molecule has 4 nitrogen and oxygen atoms in total. The summed E-state index contributed by atoms with van der Waals surface area (Å²) < 4.78 is 7.49. The largest absolute Gasteiger partial charge is 0.469 e. The molecule has 0 aliphatic carbocycles. The van der Waals surface area contributed by atoms with E-state index in [4.69, 9.17) is 4.42 Å². The second-order valence-corrected chi connectivity index (χ2v) is 6.76. The number of thioether (sulfide) groups is 1. The quantitative estimate of drug-likeness (QED) is 0.471. The molecule has 0 unspecified atom stereocenters. The van der Waals surface area contributed by atoms with Gasteiger partial charge in [-0.1, -0.05) is 41.6 Å². The maximum Gasteiger partial charge on any atom is 0.192 e. The van der Waals surface area contributed by atoms with Crippen LogP contribution >= 0.6 is 11.8 Å². The molecule has 0 saturated heterocycles. The number of allylic oxidation sites excluding steroid dienone is 1. The molecule has 0 N–H and O–H groups in total. The van der Waals surface area contributed by atoms with Gasteiger partial charge in [0, 0.05) is 12.3 Å². The second kappa shape index (κ2) is 7.09. The lowest BCUT2D eigenvalue weighted by atomic mass is 10.1. The van der Waals surface area contributed by atoms with Crippen molar-refractivity contribution in [2.45, 2.75) is 38.2 Å². The van der Waals surface area contributed by atoms with Gasteiger partial charge in [-0.05, 0) is 38.0 Å². The summed E-state index contributed by atoms with van der Waals surface area (Å²) in [7, 11) is 0. The van der Waals surface area contributed by atoms with Crippen LogP contribution in [-0.2, 0) is 12.3 Å². The van der Waals surface area contributed by atoms with Crippen LogP contribution in [0.3, 0.4) is 0 Å². The van der Waals surface area contributed by atoms with Crippen molar-refractivity contribution in [3.8, 4) is 11.4 Å². The summed E-state index contributed by atoms with van der Waals surface area (Å²) >= 11 is 1.70. The number of furan rings is 1. The van der Waals surface area contributed by atoms with Gasteiger partial charge in [0.15, 0.2) is 11.0 Å². The molecular formula is C19H21N3OS. The van der Waals surface area contributed by atoms with Crippen molar-refractivity contribution in [3.05, 3.63) is 65.6 Å². The molecule has 0 radical (unpaired) electrons. The van der Waals surface area contributed by atoms with Crippen LogP contribution in [0.2, 0.25) is 0 Å². The van der Waals surface area contributed by atoms with Crippen molar-refractivity contribution in [1.29, 1.82) is 0 Å². The summed E-state index contributed by atoms with van der Waals surface area (Å²) in [5, 5.41) is 9.65. The summed E-state index contributed by atoms with van der Waals surface area (Å²) in [5.74, 6) is 2.54. The number of hydrogen-bond donors (Lipinski definition) is 0. The molecule has 124 valence electrons. The normalized spacial score (nSPS) is 11.0. The van der Waals surface area contributed by atoms with Gasteiger partial charge >= 0.3 is 0 Å². The van der Waals surface area contributed by atoms with E-state index in [-0.39, 0.29) is 0 Å². The molecule has 3 rings (SSSR count). The number of rotatable bonds is 6. The Bertz CT molecular complexity index is 863. The Hall–Kier alpha value is -2.27. The van der Waals surface area contributed by atoms with E-state index in [9.17, 15) is 0 Å². The second-order valence-electron chi connectivity index (χ2n) is 5.81. The van der Waals surface area contributed by atoms with E-state index in [1.54, 1.807) is 18.0 Å². The summed E-state index contributed by atoms with van der Waals surface area (Å²) in [6.45, 7) is 10.7. The van der Waals surface area contributed by atoms with Crippen molar-refractivity contribution in [2.24, 2.45) is 0 Å². The average molecular weight is 339 g/mol. The molecule has 2 heterocycles. The number of benzene rings is 1. The predicted molar refractivity (Wildman–Crippen MR) is 98.1 cm³/mol. The molecule has 0 fully saturated rings. The summed E-state index contributed by atoms with van der Waals surface area (Å²) in [6, 6.07) is 8.47. The Labute approximate surface area is 146 Å². The topological polar surface area (TPSA) is 43.9 Å². The van der Waals surface area contributed by atoms with Gasteiger partial charge in [0.05, 0.1) is 11.8 Å². The number of aryl methyl sites for hydroxylation is 3. The van der Waals surface area contributed by atoms with Crippen molar-refractivity contribution in [2.75, 3.05) is 0 Å². The summed E-state index contributed by atoms with van der Waals surface area (Å²) in [5.41, 5.74) is 4.88. The molecule has 0 atom stereocenters. The van der Waals surface area contributed by atoms with E-state index in [2.05, 4.69) is 53.4 Å². The monoisotopic (exact) mass is 339 g/mol. The standard InChI is InChI=1S/C19H21N3OS/c1-5-9-22-18(17-8-10-23-15(17)4)20-21-19(22)24-12-16-11-13(2)6-7-14(16)3/h5-8,10-11H,1,9,12H2,2-4H3. The Morgan fingerprint density at radius 1 is 1.21 bits per heavy atom. The van der Waals surface area contributed by atoms with E-state index in [0.29, 0.717) is 6.54 Å². The van der Waals surface area contributed by atoms with Crippen LogP contribution in [0.4, 0.5) is 0 Å². The minimum atomic E-state index is 0.669. The molecule has 0 spiro atoms. The SMILES string of the molecule is C=CCn1c(SCc2cc(C)ccc2C)nnc1-c1ccoc1C. The fourth-order valence-corrected chi connectivity index (χ4v) is 3.61.